The van der Waals surface area contributed by atoms with Crippen LogP contribution >= 0.6 is 0 Å². The van der Waals surface area contributed by atoms with Crippen LogP contribution < -0.4 is 5.32 Å². The van der Waals surface area contributed by atoms with Gasteiger partial charge in [0.2, 0.25) is 0 Å². The minimum absolute atomic E-state index is 0.393. The van der Waals surface area contributed by atoms with Gasteiger partial charge in [0.1, 0.15) is 0 Å². The number of nitrogens with zero attached hydrogens (tertiary/aromatic N) is 3. The van der Waals surface area contributed by atoms with Gasteiger partial charge in [-0.25, -0.2) is 0 Å². The highest BCUT2D eigenvalue weighted by Crippen LogP contribution is 2.08. The molecule has 96 valence electrons. The summed E-state index contributed by atoms with van der Waals surface area (Å²) in [4.78, 5) is 0. The van der Waals surface area contributed by atoms with Gasteiger partial charge in [0.15, 0.2) is 0 Å². The summed E-state index contributed by atoms with van der Waals surface area (Å²) >= 11 is 0. The molecule has 0 amide bonds. The van der Waals surface area contributed by atoms with Gasteiger partial charge in [0.25, 0.3) is 0 Å². The molecule has 0 spiro atoms. The summed E-state index contributed by atoms with van der Waals surface area (Å²) in [5.74, 6) is 0. The smallest absolute Gasteiger partial charge is 0.0842 e. The fourth-order valence-corrected chi connectivity index (χ4v) is 2.03. The van der Waals surface area contributed by atoms with E-state index in [2.05, 4.69) is 46.8 Å². The Hall–Kier alpha value is -1.68. The lowest BCUT2D eigenvalue weighted by Gasteiger charge is -2.14. The van der Waals surface area contributed by atoms with Crippen LogP contribution in [0.2, 0.25) is 0 Å². The molecular formula is C14H20N4. The molecule has 1 unspecified atom stereocenters. The number of hydrogen-bond acceptors (Lipinski definition) is 3. The van der Waals surface area contributed by atoms with Crippen LogP contribution in [0.5, 0.6) is 0 Å². The molecule has 0 saturated heterocycles. The lowest BCUT2D eigenvalue weighted by molar-refractivity contribution is 0.549. The van der Waals surface area contributed by atoms with E-state index in [1.165, 1.54) is 11.1 Å². The molecule has 1 heterocycles. The summed E-state index contributed by atoms with van der Waals surface area (Å²) in [6.45, 7) is 2.11. The number of benzene rings is 1. The molecule has 0 aliphatic rings. The van der Waals surface area contributed by atoms with E-state index in [1.807, 2.05) is 20.3 Å². The first-order chi connectivity index (χ1) is 8.67. The van der Waals surface area contributed by atoms with Gasteiger partial charge in [-0.05, 0) is 26.0 Å². The third-order valence-electron chi connectivity index (χ3n) is 3.12. The standard InChI is InChI=1S/C14H20N4/c1-11-4-6-12(7-5-11)8-13(15-2)9-14-10-18(3)17-16-14/h4-7,10,13,15H,8-9H2,1-3H3. The molecule has 0 fully saturated rings. The first-order valence-corrected chi connectivity index (χ1v) is 6.25. The summed E-state index contributed by atoms with van der Waals surface area (Å²) in [5.41, 5.74) is 3.68. The van der Waals surface area contributed by atoms with Gasteiger partial charge in [0, 0.05) is 25.7 Å². The van der Waals surface area contributed by atoms with E-state index >= 15 is 0 Å². The highest BCUT2D eigenvalue weighted by molar-refractivity contribution is 5.22. The fraction of sp³-hybridized carbons (Fsp3) is 0.429. The Morgan fingerprint density at radius 2 is 1.94 bits per heavy atom. The average Bonchev–Trinajstić information content (AvgIpc) is 2.77. The Bertz CT molecular complexity index is 487. The van der Waals surface area contributed by atoms with Gasteiger partial charge in [-0.15, -0.1) is 5.10 Å². The van der Waals surface area contributed by atoms with Crippen LogP contribution in [0.15, 0.2) is 30.5 Å². The number of likely N-dealkylation sites (N-methyl/N-ethyl adjacent to an activating group) is 1. The maximum absolute atomic E-state index is 4.13. The van der Waals surface area contributed by atoms with Crippen molar-refractivity contribution < 1.29 is 0 Å². The second-order valence-corrected chi connectivity index (χ2v) is 4.76. The van der Waals surface area contributed by atoms with Crippen LogP contribution in [0.4, 0.5) is 0 Å². The van der Waals surface area contributed by atoms with E-state index < -0.39 is 0 Å². The van der Waals surface area contributed by atoms with Crippen LogP contribution in [-0.4, -0.2) is 28.1 Å². The topological polar surface area (TPSA) is 42.7 Å². The summed E-state index contributed by atoms with van der Waals surface area (Å²) in [6, 6.07) is 9.09. The van der Waals surface area contributed by atoms with Crippen molar-refractivity contribution in [1.29, 1.82) is 0 Å². The summed E-state index contributed by atoms with van der Waals surface area (Å²) in [6.07, 6.45) is 3.88. The number of nitrogens with one attached hydrogen (secondary N) is 1. The summed E-state index contributed by atoms with van der Waals surface area (Å²) in [5, 5.41) is 11.4. The molecule has 0 aliphatic heterocycles. The molecule has 0 saturated carbocycles. The molecule has 0 radical (unpaired) electrons. The van der Waals surface area contributed by atoms with Gasteiger partial charge >= 0.3 is 0 Å². The Morgan fingerprint density at radius 3 is 2.50 bits per heavy atom. The molecule has 0 bridgehead atoms. The van der Waals surface area contributed by atoms with Crippen molar-refractivity contribution in [2.45, 2.75) is 25.8 Å². The van der Waals surface area contributed by atoms with E-state index in [9.17, 15) is 0 Å². The van der Waals surface area contributed by atoms with Crippen LogP contribution in [0, 0.1) is 6.92 Å². The molecule has 1 aromatic carbocycles. The van der Waals surface area contributed by atoms with Crippen LogP contribution in [-0.2, 0) is 19.9 Å². The number of aryl methyl sites for hydroxylation is 2. The third kappa shape index (κ3) is 3.40. The molecule has 4 heteroatoms. The van der Waals surface area contributed by atoms with E-state index in [4.69, 9.17) is 0 Å². The first kappa shape index (κ1) is 12.8. The Morgan fingerprint density at radius 1 is 1.22 bits per heavy atom. The van der Waals surface area contributed by atoms with Crippen LogP contribution in [0.25, 0.3) is 0 Å². The second-order valence-electron chi connectivity index (χ2n) is 4.76. The minimum Gasteiger partial charge on any atom is -0.316 e. The van der Waals surface area contributed by atoms with Crippen LogP contribution in [0.3, 0.4) is 0 Å². The zero-order valence-electron chi connectivity index (χ0n) is 11.2. The molecule has 0 aliphatic carbocycles. The number of rotatable bonds is 5. The molecule has 1 aromatic heterocycles. The molecule has 18 heavy (non-hydrogen) atoms. The minimum atomic E-state index is 0.393. The monoisotopic (exact) mass is 244 g/mol. The first-order valence-electron chi connectivity index (χ1n) is 6.25. The highest BCUT2D eigenvalue weighted by atomic mass is 15.4. The maximum atomic E-state index is 4.13. The molecule has 1 N–H and O–H groups in total. The van der Waals surface area contributed by atoms with E-state index in [0.29, 0.717) is 6.04 Å². The largest absolute Gasteiger partial charge is 0.316 e. The highest BCUT2D eigenvalue weighted by Gasteiger charge is 2.10. The second kappa shape index (κ2) is 5.78. The van der Waals surface area contributed by atoms with E-state index in [0.717, 1.165) is 18.5 Å². The summed E-state index contributed by atoms with van der Waals surface area (Å²) in [7, 11) is 3.89. The normalized spacial score (nSPS) is 12.6. The quantitative estimate of drug-likeness (QED) is 0.866. The molecule has 2 aromatic rings. The zero-order valence-corrected chi connectivity index (χ0v) is 11.2. The Kier molecular flexibility index (Phi) is 4.10. The SMILES string of the molecule is CNC(Cc1ccc(C)cc1)Cc1cn(C)nn1. The Balaban J connectivity index is 1.99. The van der Waals surface area contributed by atoms with Crippen molar-refractivity contribution in [3.8, 4) is 0 Å². The zero-order chi connectivity index (χ0) is 13.0. The van der Waals surface area contributed by atoms with Crippen molar-refractivity contribution in [1.82, 2.24) is 20.3 Å². The molecule has 4 nitrogen and oxygen atoms in total. The fourth-order valence-electron chi connectivity index (χ4n) is 2.03. The Labute approximate surface area is 108 Å². The van der Waals surface area contributed by atoms with Crippen molar-refractivity contribution in [3.63, 3.8) is 0 Å². The predicted molar refractivity (Wildman–Crippen MR) is 72.4 cm³/mol. The summed E-state index contributed by atoms with van der Waals surface area (Å²) < 4.78 is 1.74. The van der Waals surface area contributed by atoms with Crippen molar-refractivity contribution >= 4 is 0 Å². The van der Waals surface area contributed by atoms with Gasteiger partial charge in [-0.2, -0.15) is 0 Å². The average molecular weight is 244 g/mol. The van der Waals surface area contributed by atoms with E-state index in [1.54, 1.807) is 4.68 Å². The molecule has 1 atom stereocenters. The lowest BCUT2D eigenvalue weighted by Crippen LogP contribution is -2.30. The molecular weight excluding hydrogens is 224 g/mol. The third-order valence-corrected chi connectivity index (χ3v) is 3.12. The van der Waals surface area contributed by atoms with Gasteiger partial charge in [-0.3, -0.25) is 4.68 Å². The predicted octanol–water partition coefficient (Wildman–Crippen LogP) is 1.50. The van der Waals surface area contributed by atoms with Gasteiger partial charge < -0.3 is 5.32 Å². The number of aromatic nitrogens is 3. The van der Waals surface area contributed by atoms with Crippen molar-refractivity contribution in [2.24, 2.45) is 7.05 Å². The van der Waals surface area contributed by atoms with Crippen molar-refractivity contribution in [2.75, 3.05) is 7.05 Å². The van der Waals surface area contributed by atoms with Crippen LogP contribution in [0.1, 0.15) is 16.8 Å². The maximum Gasteiger partial charge on any atom is 0.0842 e. The molecule has 2 rings (SSSR count). The van der Waals surface area contributed by atoms with Gasteiger partial charge in [-0.1, -0.05) is 35.0 Å². The number of hydrogen-bond donors (Lipinski definition) is 1. The van der Waals surface area contributed by atoms with Gasteiger partial charge in [0.05, 0.1) is 5.69 Å². The van der Waals surface area contributed by atoms with E-state index in [-0.39, 0.29) is 0 Å². The van der Waals surface area contributed by atoms with Crippen molar-refractivity contribution in [3.05, 3.63) is 47.3 Å². The lowest BCUT2D eigenvalue weighted by atomic mass is 10.0.